The van der Waals surface area contributed by atoms with Gasteiger partial charge in [-0.15, -0.1) is 0 Å². The molecule has 0 aliphatic rings. The summed E-state index contributed by atoms with van der Waals surface area (Å²) in [5.74, 6) is -0.205. The van der Waals surface area contributed by atoms with Crippen molar-refractivity contribution < 1.29 is 14.3 Å². The van der Waals surface area contributed by atoms with E-state index < -0.39 is 0 Å². The SMILES string of the molecule is COC(=O)CCCCC(=O)c1ccc(Br)c(Cl)c1. The number of hydrogen-bond donors (Lipinski definition) is 0. The molecule has 0 fully saturated rings. The van der Waals surface area contributed by atoms with E-state index in [2.05, 4.69) is 20.7 Å². The number of halogens is 2. The second kappa shape index (κ2) is 7.54. The smallest absolute Gasteiger partial charge is 0.305 e. The highest BCUT2D eigenvalue weighted by Crippen LogP contribution is 2.24. The first kappa shape index (κ1) is 15.2. The van der Waals surface area contributed by atoms with Gasteiger partial charge in [0.05, 0.1) is 12.1 Å². The van der Waals surface area contributed by atoms with E-state index in [0.717, 1.165) is 4.47 Å². The first-order chi connectivity index (χ1) is 8.54. The second-order valence-corrected chi connectivity index (χ2v) is 5.10. The minimum Gasteiger partial charge on any atom is -0.469 e. The monoisotopic (exact) mass is 332 g/mol. The topological polar surface area (TPSA) is 43.4 Å². The number of benzene rings is 1. The van der Waals surface area contributed by atoms with Gasteiger partial charge in [-0.05, 0) is 40.9 Å². The van der Waals surface area contributed by atoms with Crippen molar-refractivity contribution >= 4 is 39.3 Å². The van der Waals surface area contributed by atoms with Crippen LogP contribution in [-0.2, 0) is 9.53 Å². The van der Waals surface area contributed by atoms with Crippen LogP contribution in [0.5, 0.6) is 0 Å². The number of Topliss-reactive ketones (excluding diaryl/α,β-unsaturated/α-hetero) is 1. The van der Waals surface area contributed by atoms with E-state index in [4.69, 9.17) is 11.6 Å². The third kappa shape index (κ3) is 4.78. The summed E-state index contributed by atoms with van der Waals surface area (Å²) in [5, 5.41) is 0.524. The van der Waals surface area contributed by atoms with Gasteiger partial charge in [0.1, 0.15) is 0 Å². The molecule has 0 heterocycles. The number of unbranched alkanes of at least 4 members (excludes halogenated alkanes) is 1. The minimum atomic E-state index is -0.242. The summed E-state index contributed by atoms with van der Waals surface area (Å²) < 4.78 is 5.29. The molecule has 0 aromatic heterocycles. The van der Waals surface area contributed by atoms with Gasteiger partial charge in [0.2, 0.25) is 0 Å². The van der Waals surface area contributed by atoms with E-state index in [9.17, 15) is 9.59 Å². The Bertz CT molecular complexity index is 446. The van der Waals surface area contributed by atoms with Crippen molar-refractivity contribution in [2.24, 2.45) is 0 Å². The zero-order valence-corrected chi connectivity index (χ0v) is 12.4. The number of ketones is 1. The van der Waals surface area contributed by atoms with Crippen LogP contribution in [0.25, 0.3) is 0 Å². The number of rotatable bonds is 6. The van der Waals surface area contributed by atoms with Crippen molar-refractivity contribution in [2.75, 3.05) is 7.11 Å². The van der Waals surface area contributed by atoms with Gasteiger partial charge in [-0.3, -0.25) is 9.59 Å². The van der Waals surface area contributed by atoms with Gasteiger partial charge in [0.15, 0.2) is 5.78 Å². The lowest BCUT2D eigenvalue weighted by Crippen LogP contribution is -2.02. The van der Waals surface area contributed by atoms with Crippen LogP contribution in [0.2, 0.25) is 5.02 Å². The number of esters is 1. The second-order valence-electron chi connectivity index (χ2n) is 3.84. The molecule has 1 rings (SSSR count). The van der Waals surface area contributed by atoms with Crippen molar-refractivity contribution in [3.63, 3.8) is 0 Å². The van der Waals surface area contributed by atoms with Crippen LogP contribution >= 0.6 is 27.5 Å². The average Bonchev–Trinajstić information content (AvgIpc) is 2.37. The summed E-state index contributed by atoms with van der Waals surface area (Å²) in [6.45, 7) is 0. The predicted octanol–water partition coefficient (Wildman–Crippen LogP) is 4.02. The quantitative estimate of drug-likeness (QED) is 0.449. The Balaban J connectivity index is 2.41. The molecule has 5 heteroatoms. The highest BCUT2D eigenvalue weighted by Gasteiger charge is 2.08. The molecular weight excluding hydrogens is 319 g/mol. The summed E-state index contributed by atoms with van der Waals surface area (Å²) in [6.07, 6.45) is 2.09. The highest BCUT2D eigenvalue weighted by molar-refractivity contribution is 9.10. The lowest BCUT2D eigenvalue weighted by Gasteiger charge is -2.03. The zero-order chi connectivity index (χ0) is 13.5. The highest BCUT2D eigenvalue weighted by atomic mass is 79.9. The molecule has 0 aliphatic carbocycles. The van der Waals surface area contributed by atoms with Gasteiger partial charge in [-0.25, -0.2) is 0 Å². The van der Waals surface area contributed by atoms with Crippen LogP contribution in [0.4, 0.5) is 0 Å². The number of hydrogen-bond acceptors (Lipinski definition) is 3. The van der Waals surface area contributed by atoms with Crippen molar-refractivity contribution in [1.29, 1.82) is 0 Å². The van der Waals surface area contributed by atoms with Gasteiger partial charge in [0, 0.05) is 22.9 Å². The third-order valence-corrected chi connectivity index (χ3v) is 3.74. The molecule has 3 nitrogen and oxygen atoms in total. The molecule has 0 saturated carbocycles. The largest absolute Gasteiger partial charge is 0.469 e. The van der Waals surface area contributed by atoms with Crippen LogP contribution in [0.1, 0.15) is 36.0 Å². The van der Waals surface area contributed by atoms with Crippen molar-refractivity contribution in [1.82, 2.24) is 0 Å². The molecule has 0 radical (unpaired) electrons. The molecule has 0 amide bonds. The molecule has 0 unspecified atom stereocenters. The van der Waals surface area contributed by atoms with Gasteiger partial charge in [-0.2, -0.15) is 0 Å². The minimum absolute atomic E-state index is 0.0364. The molecule has 0 aliphatic heterocycles. The van der Waals surface area contributed by atoms with Gasteiger partial charge in [-0.1, -0.05) is 17.7 Å². The maximum Gasteiger partial charge on any atom is 0.305 e. The fourth-order valence-electron chi connectivity index (χ4n) is 1.47. The number of carbonyl (C=O) groups is 2. The fraction of sp³-hybridized carbons (Fsp3) is 0.385. The first-order valence-corrected chi connectivity index (χ1v) is 6.76. The van der Waals surface area contributed by atoms with Crippen molar-refractivity contribution in [2.45, 2.75) is 25.7 Å². The molecule has 0 spiro atoms. The van der Waals surface area contributed by atoms with Crippen LogP contribution < -0.4 is 0 Å². The van der Waals surface area contributed by atoms with Crippen LogP contribution in [0.3, 0.4) is 0 Å². The molecule has 0 N–H and O–H groups in total. The fourth-order valence-corrected chi connectivity index (χ4v) is 1.90. The molecular formula is C13H14BrClO3. The van der Waals surface area contributed by atoms with Crippen LogP contribution in [-0.4, -0.2) is 18.9 Å². The molecule has 1 aromatic carbocycles. The number of carbonyl (C=O) groups excluding carboxylic acids is 2. The van der Waals surface area contributed by atoms with Gasteiger partial charge in [0.25, 0.3) is 0 Å². The summed E-state index contributed by atoms with van der Waals surface area (Å²) >= 11 is 9.19. The lowest BCUT2D eigenvalue weighted by molar-refractivity contribution is -0.140. The van der Waals surface area contributed by atoms with E-state index in [-0.39, 0.29) is 11.8 Å². The predicted molar refractivity (Wildman–Crippen MR) is 74.0 cm³/mol. The van der Waals surface area contributed by atoms with E-state index in [1.165, 1.54) is 7.11 Å². The third-order valence-electron chi connectivity index (χ3n) is 2.50. The van der Waals surface area contributed by atoms with Gasteiger partial charge < -0.3 is 4.74 Å². The normalized spacial score (nSPS) is 10.2. The molecule has 98 valence electrons. The van der Waals surface area contributed by atoms with Crippen LogP contribution in [0, 0.1) is 0 Å². The van der Waals surface area contributed by atoms with Crippen molar-refractivity contribution in [3.8, 4) is 0 Å². The summed E-state index contributed by atoms with van der Waals surface area (Å²) in [4.78, 5) is 22.7. The summed E-state index contributed by atoms with van der Waals surface area (Å²) in [7, 11) is 1.36. The Hall–Kier alpha value is -0.870. The number of ether oxygens (including phenoxy) is 1. The lowest BCUT2D eigenvalue weighted by atomic mass is 10.0. The Morgan fingerprint density at radius 1 is 1.28 bits per heavy atom. The number of methoxy groups -OCH3 is 1. The Labute approximate surface area is 120 Å². The van der Waals surface area contributed by atoms with E-state index in [1.54, 1.807) is 18.2 Å². The molecule has 0 bridgehead atoms. The molecule has 0 saturated heterocycles. The standard InChI is InChI=1S/C13H14BrClO3/c1-18-13(17)5-3-2-4-12(16)9-6-7-10(14)11(15)8-9/h6-8H,2-5H2,1H3. The molecule has 18 heavy (non-hydrogen) atoms. The molecule has 0 atom stereocenters. The summed E-state index contributed by atoms with van der Waals surface area (Å²) in [5.41, 5.74) is 0.598. The first-order valence-electron chi connectivity index (χ1n) is 5.59. The van der Waals surface area contributed by atoms with E-state index >= 15 is 0 Å². The van der Waals surface area contributed by atoms with Gasteiger partial charge >= 0.3 is 5.97 Å². The Morgan fingerprint density at radius 3 is 2.56 bits per heavy atom. The van der Waals surface area contributed by atoms with E-state index in [0.29, 0.717) is 36.3 Å². The maximum absolute atomic E-state index is 11.8. The maximum atomic E-state index is 11.8. The Kier molecular flexibility index (Phi) is 6.36. The Morgan fingerprint density at radius 2 is 1.94 bits per heavy atom. The van der Waals surface area contributed by atoms with Crippen LogP contribution in [0.15, 0.2) is 22.7 Å². The molecule has 1 aromatic rings. The summed E-state index contributed by atoms with van der Waals surface area (Å²) in [6, 6.07) is 5.14. The van der Waals surface area contributed by atoms with Crippen molar-refractivity contribution in [3.05, 3.63) is 33.3 Å². The zero-order valence-electron chi connectivity index (χ0n) is 10.0. The average molecular weight is 334 g/mol. The van der Waals surface area contributed by atoms with E-state index in [1.807, 2.05) is 0 Å².